The summed E-state index contributed by atoms with van der Waals surface area (Å²) >= 11 is 1.61. The standard InChI is InChI=1S/C20H24N2O2S.CH4/c1-24-19-9-8-15(12-21-19)18-11-16(13-25-18)20(23)22-10-4-6-14-5-2-3-7-17(14)22;/h8-9,11-14,17H,2-7,10H2,1H3;1H4. The van der Waals surface area contributed by atoms with Crippen LogP contribution in [-0.4, -0.2) is 35.5 Å². The molecule has 140 valence electrons. The smallest absolute Gasteiger partial charge is 0.254 e. The van der Waals surface area contributed by atoms with Crippen LogP contribution < -0.4 is 4.74 Å². The molecule has 0 N–H and O–H groups in total. The quantitative estimate of drug-likeness (QED) is 0.739. The van der Waals surface area contributed by atoms with Crippen LogP contribution in [0.2, 0.25) is 0 Å². The summed E-state index contributed by atoms with van der Waals surface area (Å²) in [5.41, 5.74) is 1.85. The Morgan fingerprint density at radius 1 is 1.23 bits per heavy atom. The van der Waals surface area contributed by atoms with E-state index in [-0.39, 0.29) is 13.3 Å². The van der Waals surface area contributed by atoms with Gasteiger partial charge in [-0.25, -0.2) is 4.98 Å². The molecule has 0 aromatic carbocycles. The van der Waals surface area contributed by atoms with E-state index in [1.165, 1.54) is 32.1 Å². The largest absolute Gasteiger partial charge is 0.481 e. The van der Waals surface area contributed by atoms with E-state index in [4.69, 9.17) is 4.74 Å². The maximum Gasteiger partial charge on any atom is 0.254 e. The van der Waals surface area contributed by atoms with Gasteiger partial charge in [0.2, 0.25) is 5.88 Å². The summed E-state index contributed by atoms with van der Waals surface area (Å²) in [5.74, 6) is 1.53. The zero-order valence-electron chi connectivity index (χ0n) is 14.6. The van der Waals surface area contributed by atoms with Gasteiger partial charge in [0.05, 0.1) is 12.7 Å². The number of amides is 1. The normalized spacial score (nSPS) is 22.3. The van der Waals surface area contributed by atoms with Gasteiger partial charge in [-0.1, -0.05) is 20.3 Å². The molecule has 2 aliphatic rings. The van der Waals surface area contributed by atoms with Gasteiger partial charge in [-0.05, 0) is 43.7 Å². The lowest BCUT2D eigenvalue weighted by molar-refractivity contribution is 0.0391. The Labute approximate surface area is 160 Å². The number of aromatic nitrogens is 1. The van der Waals surface area contributed by atoms with Crippen LogP contribution in [0, 0.1) is 5.92 Å². The molecule has 2 fully saturated rings. The minimum atomic E-state index is 0. The minimum Gasteiger partial charge on any atom is -0.481 e. The Balaban J connectivity index is 0.00000196. The van der Waals surface area contributed by atoms with Crippen LogP contribution in [0.4, 0.5) is 0 Å². The van der Waals surface area contributed by atoms with Gasteiger partial charge in [-0.3, -0.25) is 4.79 Å². The number of thiophene rings is 1. The average molecular weight is 373 g/mol. The molecule has 1 saturated heterocycles. The first kappa shape index (κ1) is 18.9. The summed E-state index contributed by atoms with van der Waals surface area (Å²) < 4.78 is 5.11. The number of carbonyl (C=O) groups is 1. The van der Waals surface area contributed by atoms with Crippen molar-refractivity contribution in [3.63, 3.8) is 0 Å². The van der Waals surface area contributed by atoms with Gasteiger partial charge < -0.3 is 9.64 Å². The lowest BCUT2D eigenvalue weighted by Gasteiger charge is -2.44. The van der Waals surface area contributed by atoms with Crippen LogP contribution in [-0.2, 0) is 0 Å². The molecule has 0 radical (unpaired) electrons. The number of hydrogen-bond acceptors (Lipinski definition) is 4. The van der Waals surface area contributed by atoms with Gasteiger partial charge in [-0.2, -0.15) is 0 Å². The van der Waals surface area contributed by atoms with Crippen LogP contribution >= 0.6 is 11.3 Å². The average Bonchev–Trinajstić information content (AvgIpc) is 3.17. The Morgan fingerprint density at radius 2 is 2.04 bits per heavy atom. The molecule has 3 heterocycles. The molecular formula is C21H28N2O2S. The highest BCUT2D eigenvalue weighted by Gasteiger charge is 2.36. The monoisotopic (exact) mass is 372 g/mol. The number of rotatable bonds is 3. The molecule has 2 atom stereocenters. The number of nitrogens with zero attached hydrogens (tertiary/aromatic N) is 2. The molecule has 1 aliphatic heterocycles. The Hall–Kier alpha value is -1.88. The highest BCUT2D eigenvalue weighted by Crippen LogP contribution is 2.37. The first-order valence-electron chi connectivity index (χ1n) is 9.16. The highest BCUT2D eigenvalue weighted by molar-refractivity contribution is 7.13. The molecule has 2 aromatic rings. The van der Waals surface area contributed by atoms with E-state index in [9.17, 15) is 4.79 Å². The molecule has 4 nitrogen and oxygen atoms in total. The molecule has 2 unspecified atom stereocenters. The van der Waals surface area contributed by atoms with Crippen LogP contribution in [0.25, 0.3) is 10.4 Å². The third-order valence-electron chi connectivity index (χ3n) is 5.58. The molecule has 26 heavy (non-hydrogen) atoms. The summed E-state index contributed by atoms with van der Waals surface area (Å²) in [5, 5.41) is 1.99. The van der Waals surface area contributed by atoms with E-state index in [1.54, 1.807) is 24.6 Å². The van der Waals surface area contributed by atoms with Crippen molar-refractivity contribution in [3.8, 4) is 16.3 Å². The van der Waals surface area contributed by atoms with Crippen LogP contribution in [0.3, 0.4) is 0 Å². The van der Waals surface area contributed by atoms with Crippen molar-refractivity contribution in [3.05, 3.63) is 35.3 Å². The fourth-order valence-electron chi connectivity index (χ4n) is 4.29. The molecule has 0 spiro atoms. The Morgan fingerprint density at radius 3 is 2.81 bits per heavy atom. The highest BCUT2D eigenvalue weighted by atomic mass is 32.1. The topological polar surface area (TPSA) is 42.4 Å². The molecule has 1 saturated carbocycles. The number of methoxy groups -OCH3 is 1. The van der Waals surface area contributed by atoms with Gasteiger partial charge in [0.1, 0.15) is 0 Å². The fourth-order valence-corrected chi connectivity index (χ4v) is 5.16. The molecular weight excluding hydrogens is 344 g/mol. The third-order valence-corrected chi connectivity index (χ3v) is 6.56. The van der Waals surface area contributed by atoms with Crippen molar-refractivity contribution in [1.82, 2.24) is 9.88 Å². The Kier molecular flexibility index (Phi) is 5.97. The Bertz CT molecular complexity index is 739. The molecule has 1 amide bonds. The first-order chi connectivity index (χ1) is 12.3. The van der Waals surface area contributed by atoms with Gasteiger partial charge >= 0.3 is 0 Å². The summed E-state index contributed by atoms with van der Waals surface area (Å²) in [6.45, 7) is 0.912. The number of hydrogen-bond donors (Lipinski definition) is 0. The fraction of sp³-hybridized carbons (Fsp3) is 0.524. The maximum atomic E-state index is 13.1. The summed E-state index contributed by atoms with van der Waals surface area (Å²) in [6, 6.07) is 6.32. The second kappa shape index (κ2) is 8.21. The van der Waals surface area contributed by atoms with Crippen molar-refractivity contribution >= 4 is 17.2 Å². The third kappa shape index (κ3) is 3.63. The van der Waals surface area contributed by atoms with E-state index in [2.05, 4.69) is 9.88 Å². The van der Waals surface area contributed by atoms with Gasteiger partial charge in [-0.15, -0.1) is 11.3 Å². The van der Waals surface area contributed by atoms with Gasteiger partial charge in [0.25, 0.3) is 5.91 Å². The number of likely N-dealkylation sites (tertiary alicyclic amines) is 1. The summed E-state index contributed by atoms with van der Waals surface area (Å²) in [7, 11) is 1.61. The van der Waals surface area contributed by atoms with Crippen molar-refractivity contribution < 1.29 is 9.53 Å². The van der Waals surface area contributed by atoms with Crippen LogP contribution in [0.15, 0.2) is 29.8 Å². The van der Waals surface area contributed by atoms with E-state index < -0.39 is 0 Å². The molecule has 4 rings (SSSR count). The number of carbonyl (C=O) groups excluding carboxylic acids is 1. The summed E-state index contributed by atoms with van der Waals surface area (Å²) in [4.78, 5) is 20.6. The first-order valence-corrected chi connectivity index (χ1v) is 10.0. The SMILES string of the molecule is C.COc1ccc(-c2cc(C(=O)N3CCCC4CCCCC43)cs2)cn1. The molecule has 5 heteroatoms. The van der Waals surface area contributed by atoms with Crippen LogP contribution in [0.1, 0.15) is 56.3 Å². The predicted octanol–water partition coefficient (Wildman–Crippen LogP) is 5.25. The zero-order chi connectivity index (χ0) is 17.2. The maximum absolute atomic E-state index is 13.1. The second-order valence-corrected chi connectivity index (χ2v) is 7.95. The van der Waals surface area contributed by atoms with Gasteiger partial charge in [0, 0.05) is 40.7 Å². The lowest BCUT2D eigenvalue weighted by atomic mass is 9.78. The number of ether oxygens (including phenoxy) is 1. The van der Waals surface area contributed by atoms with Crippen molar-refractivity contribution in [2.24, 2.45) is 5.92 Å². The van der Waals surface area contributed by atoms with E-state index in [1.807, 2.05) is 23.6 Å². The summed E-state index contributed by atoms with van der Waals surface area (Å²) in [6.07, 6.45) is 9.30. The van der Waals surface area contributed by atoms with Crippen molar-refractivity contribution in [1.29, 1.82) is 0 Å². The van der Waals surface area contributed by atoms with Gasteiger partial charge in [0.15, 0.2) is 0 Å². The van der Waals surface area contributed by atoms with Crippen LogP contribution in [0.5, 0.6) is 5.88 Å². The lowest BCUT2D eigenvalue weighted by Crippen LogP contribution is -2.49. The number of pyridine rings is 1. The van der Waals surface area contributed by atoms with Crippen molar-refractivity contribution in [2.45, 2.75) is 52.0 Å². The van der Waals surface area contributed by atoms with E-state index >= 15 is 0 Å². The minimum absolute atomic E-state index is 0. The number of piperidine rings is 1. The predicted molar refractivity (Wildman–Crippen MR) is 107 cm³/mol. The van der Waals surface area contributed by atoms with E-state index in [0.29, 0.717) is 11.9 Å². The molecule has 1 aliphatic carbocycles. The second-order valence-electron chi connectivity index (χ2n) is 7.04. The number of fused-ring (bicyclic) bond motifs is 1. The zero-order valence-corrected chi connectivity index (χ0v) is 15.4. The van der Waals surface area contributed by atoms with E-state index in [0.717, 1.165) is 34.9 Å². The molecule has 0 bridgehead atoms. The molecule has 2 aromatic heterocycles. The van der Waals surface area contributed by atoms with Crippen molar-refractivity contribution in [2.75, 3.05) is 13.7 Å².